The first-order chi connectivity index (χ1) is 35.0. The Morgan fingerprint density at radius 2 is 0.542 bits per heavy atom. The Morgan fingerprint density at radius 1 is 0.264 bits per heavy atom. The molecule has 0 atom stereocenters. The van der Waals surface area contributed by atoms with Crippen LogP contribution < -0.4 is 9.80 Å². The third-order valence-electron chi connectivity index (χ3n) is 14.4. The predicted octanol–water partition coefficient (Wildman–Crippen LogP) is 19.1. The minimum atomic E-state index is 0.0187. The molecule has 0 saturated heterocycles. The summed E-state index contributed by atoms with van der Waals surface area (Å²) in [4.78, 5) is 4.75. The number of nitrogens with zero attached hydrogens (tertiary/aromatic N) is 4. The summed E-state index contributed by atoms with van der Waals surface area (Å²) in [5.41, 5.74) is 18.7. The van der Waals surface area contributed by atoms with Gasteiger partial charge in [-0.1, -0.05) is 151 Å². The topological polar surface area (TPSA) is 16.3 Å². The van der Waals surface area contributed by atoms with Gasteiger partial charge in [0.25, 0.3) is 0 Å². The first kappa shape index (κ1) is 44.6. The molecule has 0 amide bonds. The van der Waals surface area contributed by atoms with Crippen molar-refractivity contribution in [2.24, 2.45) is 0 Å². The Kier molecular flexibility index (Phi) is 10.9. The van der Waals surface area contributed by atoms with Crippen LogP contribution in [0.2, 0.25) is 0 Å². The molecule has 0 unspecified atom stereocenters. The van der Waals surface area contributed by atoms with Gasteiger partial charge < -0.3 is 18.9 Å². The summed E-state index contributed by atoms with van der Waals surface area (Å²) in [5.74, 6) is 0. The zero-order valence-corrected chi connectivity index (χ0v) is 41.9. The van der Waals surface area contributed by atoms with E-state index in [4.69, 9.17) is 0 Å². The average molecular weight is 931 g/mol. The highest BCUT2D eigenvalue weighted by Crippen LogP contribution is 2.44. The van der Waals surface area contributed by atoms with Gasteiger partial charge >= 0.3 is 0 Å². The molecule has 10 aromatic carbocycles. The van der Waals surface area contributed by atoms with Crippen molar-refractivity contribution < 1.29 is 0 Å². The second-order valence-corrected chi connectivity index (χ2v) is 21.1. The van der Waals surface area contributed by atoms with E-state index in [9.17, 15) is 0 Å². The summed E-state index contributed by atoms with van der Waals surface area (Å²) in [6.07, 6.45) is 0. The average Bonchev–Trinajstić information content (AvgIpc) is 3.91. The molecule has 0 radical (unpaired) electrons. The van der Waals surface area contributed by atoms with Crippen LogP contribution in [0.1, 0.15) is 52.7 Å². The summed E-state index contributed by atoms with van der Waals surface area (Å²) in [6.45, 7) is 13.8. The van der Waals surface area contributed by atoms with Gasteiger partial charge in [-0.2, -0.15) is 0 Å². The smallest absolute Gasteiger partial charge is 0.0542 e. The molecule has 0 saturated carbocycles. The Labute approximate surface area is 423 Å². The third-order valence-corrected chi connectivity index (χ3v) is 14.4. The van der Waals surface area contributed by atoms with Crippen molar-refractivity contribution in [2.75, 3.05) is 9.80 Å². The van der Waals surface area contributed by atoms with E-state index >= 15 is 0 Å². The molecule has 350 valence electrons. The fraction of sp³-hybridized carbons (Fsp3) is 0.118. The summed E-state index contributed by atoms with van der Waals surface area (Å²) < 4.78 is 4.80. The number of benzene rings is 10. The molecule has 0 aliphatic heterocycles. The minimum Gasteiger partial charge on any atom is -0.310 e. The van der Waals surface area contributed by atoms with Crippen LogP contribution >= 0.6 is 0 Å². The molecule has 0 spiro atoms. The molecule has 12 rings (SSSR count). The number of fused-ring (bicyclic) bond motifs is 6. The van der Waals surface area contributed by atoms with Crippen LogP contribution in [-0.2, 0) is 10.8 Å². The standard InChI is InChI=1S/C68H58N4/c1-67(2,3)49-31-39-63-59(43-49)61-45-57(37-41-65(61)71(63)53-23-15-9-16-24-53)69(51-19-11-7-12-20-51)55-33-27-47(28-34-55)48-29-35-56(36-30-48)70(52-21-13-8-14-22-52)58-38-42-66-62(46-58)60-44-50(68(4,5)6)32-40-64(60)72(66)54-25-17-10-18-26-54/h7-46H,1-6H3. The number of rotatable bonds is 9. The van der Waals surface area contributed by atoms with Gasteiger partial charge in [-0.15, -0.1) is 0 Å². The van der Waals surface area contributed by atoms with E-state index in [2.05, 4.69) is 303 Å². The van der Waals surface area contributed by atoms with Gasteiger partial charge in [-0.25, -0.2) is 0 Å². The van der Waals surface area contributed by atoms with Gasteiger partial charge in [-0.05, 0) is 167 Å². The van der Waals surface area contributed by atoms with E-state index in [0.717, 1.165) is 56.6 Å². The van der Waals surface area contributed by atoms with Crippen molar-refractivity contribution in [3.63, 3.8) is 0 Å². The lowest BCUT2D eigenvalue weighted by Gasteiger charge is -2.26. The fourth-order valence-electron chi connectivity index (χ4n) is 10.6. The quantitative estimate of drug-likeness (QED) is 0.143. The zero-order valence-electron chi connectivity index (χ0n) is 41.9. The van der Waals surface area contributed by atoms with Crippen molar-refractivity contribution in [2.45, 2.75) is 52.4 Å². The first-order valence-corrected chi connectivity index (χ1v) is 25.2. The molecule has 0 bridgehead atoms. The number of para-hydroxylation sites is 4. The third kappa shape index (κ3) is 7.99. The number of aromatic nitrogens is 2. The second-order valence-electron chi connectivity index (χ2n) is 21.1. The Bertz CT molecular complexity index is 3630. The van der Waals surface area contributed by atoms with Crippen molar-refractivity contribution in [1.29, 1.82) is 0 Å². The summed E-state index contributed by atoms with van der Waals surface area (Å²) in [6, 6.07) is 88.8. The van der Waals surface area contributed by atoms with Gasteiger partial charge in [0.1, 0.15) is 0 Å². The molecule has 2 heterocycles. The van der Waals surface area contributed by atoms with Crippen LogP contribution in [-0.4, -0.2) is 9.13 Å². The van der Waals surface area contributed by atoms with Crippen molar-refractivity contribution in [3.8, 4) is 22.5 Å². The molecule has 2 aromatic heterocycles. The predicted molar refractivity (Wildman–Crippen MR) is 307 cm³/mol. The van der Waals surface area contributed by atoms with Crippen LogP contribution in [0.3, 0.4) is 0 Å². The Balaban J connectivity index is 0.919. The lowest BCUT2D eigenvalue weighted by Crippen LogP contribution is -2.10. The molecular formula is C68H58N4. The maximum absolute atomic E-state index is 2.40. The van der Waals surface area contributed by atoms with Crippen LogP contribution in [0.25, 0.3) is 66.1 Å². The lowest BCUT2D eigenvalue weighted by molar-refractivity contribution is 0.591. The molecule has 4 nitrogen and oxygen atoms in total. The summed E-state index contributed by atoms with van der Waals surface area (Å²) >= 11 is 0. The van der Waals surface area contributed by atoms with Crippen LogP contribution in [0.4, 0.5) is 34.1 Å². The van der Waals surface area contributed by atoms with Gasteiger partial charge in [0.15, 0.2) is 0 Å². The van der Waals surface area contributed by atoms with Crippen LogP contribution in [0.5, 0.6) is 0 Å². The van der Waals surface area contributed by atoms with Gasteiger partial charge in [0.05, 0.1) is 22.1 Å². The normalized spacial score (nSPS) is 12.0. The molecule has 0 N–H and O–H groups in total. The lowest BCUT2D eigenvalue weighted by atomic mass is 9.86. The highest BCUT2D eigenvalue weighted by Gasteiger charge is 2.23. The van der Waals surface area contributed by atoms with E-state index in [1.807, 2.05) is 0 Å². The van der Waals surface area contributed by atoms with Crippen molar-refractivity contribution in [3.05, 3.63) is 254 Å². The summed E-state index contributed by atoms with van der Waals surface area (Å²) in [5, 5.41) is 4.97. The highest BCUT2D eigenvalue weighted by atomic mass is 15.1. The second kappa shape index (κ2) is 17.7. The summed E-state index contributed by atoms with van der Waals surface area (Å²) in [7, 11) is 0. The monoisotopic (exact) mass is 930 g/mol. The zero-order chi connectivity index (χ0) is 49.1. The number of anilines is 6. The van der Waals surface area contributed by atoms with E-state index in [1.54, 1.807) is 0 Å². The van der Waals surface area contributed by atoms with Gasteiger partial charge in [-0.3, -0.25) is 0 Å². The molecular weight excluding hydrogens is 873 g/mol. The Morgan fingerprint density at radius 3 is 0.875 bits per heavy atom. The molecule has 72 heavy (non-hydrogen) atoms. The van der Waals surface area contributed by atoms with E-state index in [0.29, 0.717) is 0 Å². The molecule has 0 aliphatic rings. The SMILES string of the molecule is CC(C)(C)c1ccc2c(c1)c1cc(N(c3ccccc3)c3ccc(-c4ccc(N(c5ccccc5)c5ccc6c(c5)c5cc(C(C)(C)C)ccc5n6-c5ccccc5)cc4)cc3)ccc1n2-c1ccccc1. The molecule has 0 aliphatic carbocycles. The molecule has 12 aromatic rings. The largest absolute Gasteiger partial charge is 0.310 e. The minimum absolute atomic E-state index is 0.0187. The molecule has 4 heteroatoms. The number of hydrogen-bond donors (Lipinski definition) is 0. The highest BCUT2D eigenvalue weighted by molar-refractivity contribution is 6.12. The van der Waals surface area contributed by atoms with Crippen LogP contribution in [0.15, 0.2) is 243 Å². The Hall–Kier alpha value is -8.60. The molecule has 0 fully saturated rings. The van der Waals surface area contributed by atoms with E-state index < -0.39 is 0 Å². The van der Waals surface area contributed by atoms with Gasteiger partial charge in [0, 0.05) is 67.0 Å². The fourth-order valence-corrected chi connectivity index (χ4v) is 10.6. The van der Waals surface area contributed by atoms with Gasteiger partial charge in [0.2, 0.25) is 0 Å². The maximum atomic E-state index is 2.40. The van der Waals surface area contributed by atoms with Crippen LogP contribution in [0, 0.1) is 0 Å². The van der Waals surface area contributed by atoms with Crippen molar-refractivity contribution >= 4 is 77.7 Å². The first-order valence-electron chi connectivity index (χ1n) is 25.2. The number of hydrogen-bond acceptors (Lipinski definition) is 2. The van der Waals surface area contributed by atoms with E-state index in [1.165, 1.54) is 54.7 Å². The maximum Gasteiger partial charge on any atom is 0.0542 e. The van der Waals surface area contributed by atoms with E-state index in [-0.39, 0.29) is 10.8 Å². The van der Waals surface area contributed by atoms with Crippen molar-refractivity contribution in [1.82, 2.24) is 9.13 Å².